The summed E-state index contributed by atoms with van der Waals surface area (Å²) >= 11 is 0. The van der Waals surface area contributed by atoms with Gasteiger partial charge in [0.05, 0.1) is 12.9 Å². The molecule has 1 aliphatic heterocycles. The highest BCUT2D eigenvalue weighted by Crippen LogP contribution is 2.07. The van der Waals surface area contributed by atoms with Gasteiger partial charge in [-0.25, -0.2) is 4.99 Å². The molecule has 0 saturated carbocycles. The van der Waals surface area contributed by atoms with Crippen LogP contribution >= 0.6 is 0 Å². The lowest BCUT2D eigenvalue weighted by atomic mass is 10.3. The normalized spacial score (nSPS) is 15.0. The van der Waals surface area contributed by atoms with Crippen molar-refractivity contribution in [1.82, 2.24) is 15.5 Å². The summed E-state index contributed by atoms with van der Waals surface area (Å²) < 4.78 is 10.3. The van der Waals surface area contributed by atoms with Crippen molar-refractivity contribution >= 4 is 11.9 Å². The fourth-order valence-electron chi connectivity index (χ4n) is 2.42. The van der Waals surface area contributed by atoms with Crippen LogP contribution in [-0.2, 0) is 16.0 Å². The highest BCUT2D eigenvalue weighted by Gasteiger charge is 2.17. The number of hydrogen-bond donors (Lipinski definition) is 2. The first-order valence-corrected chi connectivity index (χ1v) is 8.11. The van der Waals surface area contributed by atoms with E-state index >= 15 is 0 Å². The molecule has 7 nitrogen and oxygen atoms in total. The second-order valence-electron chi connectivity index (χ2n) is 5.43. The van der Waals surface area contributed by atoms with E-state index in [1.807, 2.05) is 17.0 Å². The van der Waals surface area contributed by atoms with E-state index < -0.39 is 0 Å². The van der Waals surface area contributed by atoms with E-state index in [1.54, 1.807) is 13.4 Å². The van der Waals surface area contributed by atoms with Crippen LogP contribution in [0.2, 0.25) is 0 Å². The number of nitrogens with one attached hydrogen (secondary N) is 2. The average molecular weight is 322 g/mol. The largest absolute Gasteiger partial charge is 0.469 e. The first-order valence-electron chi connectivity index (χ1n) is 8.11. The molecule has 2 heterocycles. The van der Waals surface area contributed by atoms with Crippen LogP contribution in [0.25, 0.3) is 0 Å². The first-order chi connectivity index (χ1) is 11.3. The SMILES string of the molecule is COCCNC(=NCC(=O)N1CCCC1)NCCc1ccco1. The molecule has 23 heavy (non-hydrogen) atoms. The molecule has 2 rings (SSSR count). The van der Waals surface area contributed by atoms with Crippen LogP contribution in [0.5, 0.6) is 0 Å². The smallest absolute Gasteiger partial charge is 0.244 e. The number of rotatable bonds is 8. The number of ether oxygens (including phenoxy) is 1. The highest BCUT2D eigenvalue weighted by atomic mass is 16.5. The van der Waals surface area contributed by atoms with Crippen LogP contribution in [-0.4, -0.2) is 63.2 Å². The number of guanidine groups is 1. The molecule has 0 unspecified atom stereocenters. The van der Waals surface area contributed by atoms with Crippen molar-refractivity contribution in [2.75, 3.05) is 46.4 Å². The summed E-state index contributed by atoms with van der Waals surface area (Å²) in [5.74, 6) is 1.63. The zero-order chi connectivity index (χ0) is 16.3. The van der Waals surface area contributed by atoms with Gasteiger partial charge in [0, 0.05) is 39.7 Å². The Balaban J connectivity index is 1.78. The van der Waals surface area contributed by atoms with Crippen molar-refractivity contribution in [3.63, 3.8) is 0 Å². The van der Waals surface area contributed by atoms with E-state index in [1.165, 1.54) is 0 Å². The molecule has 0 aliphatic carbocycles. The van der Waals surface area contributed by atoms with Crippen molar-refractivity contribution in [3.8, 4) is 0 Å². The van der Waals surface area contributed by atoms with Gasteiger partial charge in [0.25, 0.3) is 0 Å². The average Bonchev–Trinajstić information content (AvgIpc) is 3.25. The molecule has 0 bridgehead atoms. The third kappa shape index (κ3) is 6.32. The molecule has 1 aliphatic rings. The van der Waals surface area contributed by atoms with Gasteiger partial charge < -0.3 is 24.7 Å². The topological polar surface area (TPSA) is 79.1 Å². The van der Waals surface area contributed by atoms with E-state index in [0.717, 1.165) is 38.1 Å². The number of likely N-dealkylation sites (tertiary alicyclic amines) is 1. The second kappa shape index (κ2) is 9.89. The lowest BCUT2D eigenvalue weighted by Gasteiger charge is -2.15. The van der Waals surface area contributed by atoms with Crippen LogP contribution in [0.15, 0.2) is 27.8 Å². The zero-order valence-electron chi connectivity index (χ0n) is 13.7. The maximum Gasteiger partial charge on any atom is 0.244 e. The predicted octanol–water partition coefficient (Wildman–Crippen LogP) is 0.626. The molecule has 1 fully saturated rings. The number of nitrogens with zero attached hydrogens (tertiary/aromatic N) is 2. The van der Waals surface area contributed by atoms with Crippen LogP contribution in [0.4, 0.5) is 0 Å². The Morgan fingerprint density at radius 1 is 1.35 bits per heavy atom. The maximum absolute atomic E-state index is 12.1. The predicted molar refractivity (Wildman–Crippen MR) is 88.4 cm³/mol. The number of carbonyl (C=O) groups is 1. The third-order valence-electron chi connectivity index (χ3n) is 3.67. The van der Waals surface area contributed by atoms with Crippen LogP contribution in [0.1, 0.15) is 18.6 Å². The molecule has 128 valence electrons. The molecule has 7 heteroatoms. The lowest BCUT2D eigenvalue weighted by molar-refractivity contribution is -0.128. The van der Waals surface area contributed by atoms with E-state index in [4.69, 9.17) is 9.15 Å². The second-order valence-corrected chi connectivity index (χ2v) is 5.43. The Morgan fingerprint density at radius 2 is 2.13 bits per heavy atom. The van der Waals surface area contributed by atoms with Gasteiger partial charge in [-0.1, -0.05) is 0 Å². The quantitative estimate of drug-likeness (QED) is 0.417. The summed E-state index contributed by atoms with van der Waals surface area (Å²) in [7, 11) is 1.65. The maximum atomic E-state index is 12.1. The Labute approximate surface area is 137 Å². The summed E-state index contributed by atoms with van der Waals surface area (Å²) in [5, 5.41) is 6.37. The van der Waals surface area contributed by atoms with Crippen molar-refractivity contribution in [1.29, 1.82) is 0 Å². The fourth-order valence-corrected chi connectivity index (χ4v) is 2.42. The summed E-state index contributed by atoms with van der Waals surface area (Å²) in [4.78, 5) is 18.3. The standard InChI is InChI=1S/C16H26N4O3/c1-22-12-8-18-16(17-7-6-14-5-4-11-23-14)19-13-15(21)20-9-2-3-10-20/h4-5,11H,2-3,6-10,12-13H2,1H3,(H2,17,18,19). The summed E-state index contributed by atoms with van der Waals surface area (Å²) in [6, 6.07) is 3.81. The highest BCUT2D eigenvalue weighted by molar-refractivity contribution is 5.85. The molecule has 1 aromatic heterocycles. The van der Waals surface area contributed by atoms with Crippen molar-refractivity contribution in [2.45, 2.75) is 19.3 Å². The van der Waals surface area contributed by atoms with Crippen molar-refractivity contribution < 1.29 is 13.9 Å². The van der Waals surface area contributed by atoms with Gasteiger partial charge in [0.1, 0.15) is 12.3 Å². The third-order valence-corrected chi connectivity index (χ3v) is 3.67. The minimum absolute atomic E-state index is 0.0846. The lowest BCUT2D eigenvalue weighted by Crippen LogP contribution is -2.41. The fraction of sp³-hybridized carbons (Fsp3) is 0.625. The summed E-state index contributed by atoms with van der Waals surface area (Å²) in [5.41, 5.74) is 0. The number of hydrogen-bond acceptors (Lipinski definition) is 4. The molecule has 0 aromatic carbocycles. The zero-order valence-corrected chi connectivity index (χ0v) is 13.7. The Bertz CT molecular complexity index is 482. The van der Waals surface area contributed by atoms with Gasteiger partial charge in [-0.2, -0.15) is 0 Å². The van der Waals surface area contributed by atoms with Gasteiger partial charge in [0.15, 0.2) is 5.96 Å². The van der Waals surface area contributed by atoms with Crippen molar-refractivity contribution in [3.05, 3.63) is 24.2 Å². The van der Waals surface area contributed by atoms with E-state index in [0.29, 0.717) is 25.7 Å². The Kier molecular flexibility index (Phi) is 7.45. The Morgan fingerprint density at radius 3 is 2.83 bits per heavy atom. The molecule has 0 atom stereocenters. The number of amides is 1. The molecule has 1 amide bonds. The minimum atomic E-state index is 0.0846. The van der Waals surface area contributed by atoms with Crippen LogP contribution in [0.3, 0.4) is 0 Å². The van der Waals surface area contributed by atoms with E-state index in [9.17, 15) is 4.79 Å². The Hall–Kier alpha value is -2.02. The number of methoxy groups -OCH3 is 1. The molecule has 1 saturated heterocycles. The van der Waals surface area contributed by atoms with Crippen LogP contribution < -0.4 is 10.6 Å². The molecular weight excluding hydrogens is 296 g/mol. The number of furan rings is 1. The van der Waals surface area contributed by atoms with Gasteiger partial charge in [0.2, 0.25) is 5.91 Å². The summed E-state index contributed by atoms with van der Waals surface area (Å²) in [6.07, 6.45) is 4.61. The van der Waals surface area contributed by atoms with Crippen molar-refractivity contribution in [2.24, 2.45) is 4.99 Å². The number of aliphatic imine (C=N–C) groups is 1. The molecule has 0 spiro atoms. The van der Waals surface area contributed by atoms with Gasteiger partial charge >= 0.3 is 0 Å². The van der Waals surface area contributed by atoms with Gasteiger partial charge in [-0.3, -0.25) is 4.79 Å². The first kappa shape index (κ1) is 17.3. The van der Waals surface area contributed by atoms with Gasteiger partial charge in [-0.05, 0) is 25.0 Å². The van der Waals surface area contributed by atoms with E-state index in [2.05, 4.69) is 15.6 Å². The number of carbonyl (C=O) groups excluding carboxylic acids is 1. The minimum Gasteiger partial charge on any atom is -0.469 e. The van der Waals surface area contributed by atoms with Crippen LogP contribution in [0, 0.1) is 0 Å². The van der Waals surface area contributed by atoms with Gasteiger partial charge in [-0.15, -0.1) is 0 Å². The molecule has 2 N–H and O–H groups in total. The molecule has 1 aromatic rings. The molecule has 0 radical (unpaired) electrons. The molecular formula is C16H26N4O3. The summed E-state index contributed by atoms with van der Waals surface area (Å²) in [6.45, 7) is 3.78. The monoisotopic (exact) mass is 322 g/mol. The van der Waals surface area contributed by atoms with E-state index in [-0.39, 0.29) is 12.5 Å².